The Hall–Kier alpha value is -0.170. The first kappa shape index (κ1) is 13.9. The van der Waals surface area contributed by atoms with Gasteiger partial charge in [-0.3, -0.25) is 0 Å². The predicted molar refractivity (Wildman–Crippen MR) is 65.5 cm³/mol. The van der Waals surface area contributed by atoms with Crippen LogP contribution in [0.25, 0.3) is 0 Å². The summed E-state index contributed by atoms with van der Waals surface area (Å²) < 4.78 is 27.5. The molecule has 0 aromatic carbocycles. The van der Waals surface area contributed by atoms with Gasteiger partial charge in [0.05, 0.1) is 0 Å². The van der Waals surface area contributed by atoms with Crippen LogP contribution in [-0.4, -0.2) is 56.3 Å². The monoisotopic (exact) mass is 249 g/mol. The van der Waals surface area contributed by atoms with E-state index in [-0.39, 0.29) is 6.04 Å². The fraction of sp³-hybridized carbons (Fsp3) is 1.00. The van der Waals surface area contributed by atoms with E-state index in [1.165, 1.54) is 8.61 Å². The molecule has 1 unspecified atom stereocenters. The number of rotatable bonds is 5. The summed E-state index contributed by atoms with van der Waals surface area (Å²) in [4.78, 5) is 0. The standard InChI is InChI=1S/C10H23N3O2S/c1-4-13(5-2)16(14,15)12(3)10-7-6-8-11-9-10/h10-11H,4-9H2,1-3H3. The van der Waals surface area contributed by atoms with E-state index in [0.717, 1.165) is 25.9 Å². The van der Waals surface area contributed by atoms with Gasteiger partial charge in [0, 0.05) is 32.7 Å². The molecule has 0 saturated carbocycles. The van der Waals surface area contributed by atoms with E-state index < -0.39 is 10.2 Å². The molecular weight excluding hydrogens is 226 g/mol. The lowest BCUT2D eigenvalue weighted by Gasteiger charge is -2.34. The van der Waals surface area contributed by atoms with Crippen LogP contribution < -0.4 is 5.32 Å². The summed E-state index contributed by atoms with van der Waals surface area (Å²) >= 11 is 0. The molecule has 1 heterocycles. The van der Waals surface area contributed by atoms with Gasteiger partial charge < -0.3 is 5.32 Å². The number of hydrogen-bond donors (Lipinski definition) is 1. The van der Waals surface area contributed by atoms with Crippen LogP contribution in [-0.2, 0) is 10.2 Å². The molecule has 0 amide bonds. The Morgan fingerprint density at radius 1 is 1.31 bits per heavy atom. The summed E-state index contributed by atoms with van der Waals surface area (Å²) in [7, 11) is -1.59. The smallest absolute Gasteiger partial charge is 0.281 e. The number of likely N-dealkylation sites (N-methyl/N-ethyl adjacent to an activating group) is 1. The third kappa shape index (κ3) is 2.94. The van der Waals surface area contributed by atoms with E-state index in [1.807, 2.05) is 13.8 Å². The lowest BCUT2D eigenvalue weighted by atomic mass is 10.1. The minimum absolute atomic E-state index is 0.0966. The molecule has 1 aliphatic rings. The van der Waals surface area contributed by atoms with Crippen molar-refractivity contribution in [1.29, 1.82) is 0 Å². The minimum atomic E-state index is -3.27. The molecule has 1 N–H and O–H groups in total. The second kappa shape index (κ2) is 5.95. The molecular formula is C10H23N3O2S. The Morgan fingerprint density at radius 3 is 2.38 bits per heavy atom. The van der Waals surface area contributed by atoms with Crippen molar-refractivity contribution in [2.45, 2.75) is 32.7 Å². The molecule has 16 heavy (non-hydrogen) atoms. The minimum Gasteiger partial charge on any atom is -0.315 e. The highest BCUT2D eigenvalue weighted by molar-refractivity contribution is 7.86. The summed E-state index contributed by atoms with van der Waals surface area (Å²) in [5.74, 6) is 0. The first-order valence-electron chi connectivity index (χ1n) is 5.97. The van der Waals surface area contributed by atoms with Gasteiger partial charge in [-0.05, 0) is 19.4 Å². The van der Waals surface area contributed by atoms with E-state index in [1.54, 1.807) is 7.05 Å². The summed E-state index contributed by atoms with van der Waals surface area (Å²) in [6.45, 7) is 6.56. The number of nitrogens with one attached hydrogen (secondary N) is 1. The van der Waals surface area contributed by atoms with Crippen LogP contribution in [0, 0.1) is 0 Å². The molecule has 1 atom stereocenters. The van der Waals surface area contributed by atoms with Crippen molar-refractivity contribution >= 4 is 10.2 Å². The van der Waals surface area contributed by atoms with Crippen molar-refractivity contribution < 1.29 is 8.42 Å². The van der Waals surface area contributed by atoms with E-state index >= 15 is 0 Å². The molecule has 1 aliphatic heterocycles. The largest absolute Gasteiger partial charge is 0.315 e. The van der Waals surface area contributed by atoms with Gasteiger partial charge in [0.15, 0.2) is 0 Å². The number of hydrogen-bond acceptors (Lipinski definition) is 3. The van der Waals surface area contributed by atoms with Gasteiger partial charge in [0.1, 0.15) is 0 Å². The van der Waals surface area contributed by atoms with Crippen molar-refractivity contribution in [3.8, 4) is 0 Å². The van der Waals surface area contributed by atoms with Crippen LogP contribution in [0.2, 0.25) is 0 Å². The fourth-order valence-corrected chi connectivity index (χ4v) is 3.64. The zero-order chi connectivity index (χ0) is 12.2. The van der Waals surface area contributed by atoms with Crippen LogP contribution in [0.3, 0.4) is 0 Å². The molecule has 0 spiro atoms. The highest BCUT2D eigenvalue weighted by Crippen LogP contribution is 2.15. The first-order chi connectivity index (χ1) is 7.54. The zero-order valence-electron chi connectivity index (χ0n) is 10.4. The quantitative estimate of drug-likeness (QED) is 0.760. The fourth-order valence-electron chi connectivity index (χ4n) is 2.06. The maximum Gasteiger partial charge on any atom is 0.281 e. The Morgan fingerprint density at radius 2 is 1.94 bits per heavy atom. The third-order valence-corrected chi connectivity index (χ3v) is 5.38. The van der Waals surface area contributed by atoms with Crippen molar-refractivity contribution in [2.24, 2.45) is 0 Å². The number of nitrogens with zero attached hydrogens (tertiary/aromatic N) is 2. The average molecular weight is 249 g/mol. The molecule has 1 fully saturated rings. The molecule has 1 rings (SSSR count). The lowest BCUT2D eigenvalue weighted by Crippen LogP contribution is -2.51. The molecule has 1 saturated heterocycles. The highest BCUT2D eigenvalue weighted by atomic mass is 32.2. The third-order valence-electron chi connectivity index (χ3n) is 3.18. The van der Waals surface area contributed by atoms with E-state index in [2.05, 4.69) is 5.32 Å². The highest BCUT2D eigenvalue weighted by Gasteiger charge is 2.30. The van der Waals surface area contributed by atoms with Crippen LogP contribution in [0.1, 0.15) is 26.7 Å². The second-order valence-corrected chi connectivity index (χ2v) is 6.10. The second-order valence-electron chi connectivity index (χ2n) is 4.11. The SMILES string of the molecule is CCN(CC)S(=O)(=O)N(C)C1CCCNC1. The van der Waals surface area contributed by atoms with E-state index in [4.69, 9.17) is 0 Å². The normalized spacial score (nSPS) is 22.9. The molecule has 0 bridgehead atoms. The predicted octanol–water partition coefficient (Wildman–Crippen LogP) is 0.257. The van der Waals surface area contributed by atoms with E-state index in [9.17, 15) is 8.42 Å². The van der Waals surface area contributed by atoms with Crippen molar-refractivity contribution in [3.05, 3.63) is 0 Å². The van der Waals surface area contributed by atoms with Gasteiger partial charge in [-0.2, -0.15) is 17.0 Å². The molecule has 0 radical (unpaired) electrons. The van der Waals surface area contributed by atoms with E-state index in [0.29, 0.717) is 13.1 Å². The Bertz CT molecular complexity index is 295. The molecule has 96 valence electrons. The Labute approximate surface area is 99.0 Å². The van der Waals surface area contributed by atoms with Crippen LogP contribution >= 0.6 is 0 Å². The van der Waals surface area contributed by atoms with Gasteiger partial charge in [0.2, 0.25) is 0 Å². The van der Waals surface area contributed by atoms with Crippen molar-refractivity contribution in [1.82, 2.24) is 13.9 Å². The maximum absolute atomic E-state index is 12.2. The average Bonchev–Trinajstić information content (AvgIpc) is 2.30. The molecule has 0 aliphatic carbocycles. The summed E-state index contributed by atoms with van der Waals surface area (Å²) in [6, 6.07) is 0.0966. The molecule has 5 nitrogen and oxygen atoms in total. The van der Waals surface area contributed by atoms with Crippen LogP contribution in [0.4, 0.5) is 0 Å². The van der Waals surface area contributed by atoms with Gasteiger partial charge in [0.25, 0.3) is 10.2 Å². The van der Waals surface area contributed by atoms with Gasteiger partial charge >= 0.3 is 0 Å². The van der Waals surface area contributed by atoms with Gasteiger partial charge in [-0.15, -0.1) is 0 Å². The summed E-state index contributed by atoms with van der Waals surface area (Å²) in [6.07, 6.45) is 1.99. The van der Waals surface area contributed by atoms with Crippen LogP contribution in [0.5, 0.6) is 0 Å². The first-order valence-corrected chi connectivity index (χ1v) is 7.37. The van der Waals surface area contributed by atoms with Crippen LogP contribution in [0.15, 0.2) is 0 Å². The lowest BCUT2D eigenvalue weighted by molar-refractivity contribution is 0.277. The molecule has 6 heteroatoms. The zero-order valence-corrected chi connectivity index (χ0v) is 11.3. The summed E-state index contributed by atoms with van der Waals surface area (Å²) in [5.41, 5.74) is 0. The van der Waals surface area contributed by atoms with Crippen molar-refractivity contribution in [2.75, 3.05) is 33.2 Å². The molecule has 0 aromatic heterocycles. The Kier molecular flexibility index (Phi) is 5.17. The maximum atomic E-state index is 12.2. The number of piperidine rings is 1. The van der Waals surface area contributed by atoms with Crippen molar-refractivity contribution in [3.63, 3.8) is 0 Å². The summed E-state index contributed by atoms with van der Waals surface area (Å²) in [5, 5.41) is 3.24. The molecule has 0 aromatic rings. The Balaban J connectivity index is 2.73. The topological polar surface area (TPSA) is 52.7 Å². The van der Waals surface area contributed by atoms with Gasteiger partial charge in [-0.25, -0.2) is 0 Å². The van der Waals surface area contributed by atoms with Gasteiger partial charge in [-0.1, -0.05) is 13.8 Å².